The van der Waals surface area contributed by atoms with Crippen LogP contribution >= 0.6 is 0 Å². The highest BCUT2D eigenvalue weighted by Crippen LogP contribution is 2.12. The lowest BCUT2D eigenvalue weighted by molar-refractivity contribution is -0.167. The molecule has 59 heavy (non-hydrogen) atoms. The molecule has 6 nitrogen and oxygen atoms in total. The van der Waals surface area contributed by atoms with Crippen LogP contribution in [0.5, 0.6) is 0 Å². The Balaban J connectivity index is 4.61. The van der Waals surface area contributed by atoms with Crippen molar-refractivity contribution in [3.05, 3.63) is 146 Å². The van der Waals surface area contributed by atoms with Gasteiger partial charge in [-0.25, -0.2) is 0 Å². The SMILES string of the molecule is CC\C=C/C=C\C=C/C=C\C=C/CCCC(=O)OC(COC(=O)CCCCC\C=C/C=C\C=C/C=C\CC)COC(=O)CCCCCCCCC\C=C/C=C\C=C/CC. The molecule has 0 N–H and O–H groups in total. The van der Waals surface area contributed by atoms with Gasteiger partial charge in [-0.1, -0.05) is 205 Å². The minimum Gasteiger partial charge on any atom is -0.462 e. The molecule has 0 aliphatic heterocycles. The summed E-state index contributed by atoms with van der Waals surface area (Å²) in [7, 11) is 0. The van der Waals surface area contributed by atoms with Crippen LogP contribution in [0.1, 0.15) is 149 Å². The smallest absolute Gasteiger partial charge is 0.306 e. The molecule has 0 aliphatic rings. The first kappa shape index (κ1) is 54.3. The summed E-state index contributed by atoms with van der Waals surface area (Å²) in [6, 6.07) is 0. The van der Waals surface area contributed by atoms with Gasteiger partial charge in [0.2, 0.25) is 0 Å². The van der Waals surface area contributed by atoms with Crippen LogP contribution in [0.15, 0.2) is 146 Å². The van der Waals surface area contributed by atoms with Crippen LogP contribution in [0.4, 0.5) is 0 Å². The highest BCUT2D eigenvalue weighted by Gasteiger charge is 2.19. The lowest BCUT2D eigenvalue weighted by atomic mass is 10.1. The zero-order chi connectivity index (χ0) is 43.0. The van der Waals surface area contributed by atoms with E-state index in [1.54, 1.807) is 0 Å². The summed E-state index contributed by atoms with van der Waals surface area (Å²) < 4.78 is 16.6. The maximum absolute atomic E-state index is 12.7. The van der Waals surface area contributed by atoms with Crippen molar-refractivity contribution in [3.63, 3.8) is 0 Å². The molecule has 0 amide bonds. The lowest BCUT2D eigenvalue weighted by Gasteiger charge is -2.18. The normalized spacial score (nSPS) is 13.5. The first-order valence-electron chi connectivity index (χ1n) is 22.5. The summed E-state index contributed by atoms with van der Waals surface area (Å²) in [6.07, 6.45) is 65.5. The van der Waals surface area contributed by atoms with Crippen molar-refractivity contribution in [2.45, 2.75) is 155 Å². The first-order valence-corrected chi connectivity index (χ1v) is 22.5. The Morgan fingerprint density at radius 1 is 0.339 bits per heavy atom. The molecule has 0 heterocycles. The van der Waals surface area contributed by atoms with Gasteiger partial charge in [0.25, 0.3) is 0 Å². The Labute approximate surface area is 359 Å². The van der Waals surface area contributed by atoms with Gasteiger partial charge in [-0.05, 0) is 70.6 Å². The zero-order valence-corrected chi connectivity index (χ0v) is 36.9. The average Bonchev–Trinajstić information content (AvgIpc) is 3.23. The van der Waals surface area contributed by atoms with E-state index in [9.17, 15) is 14.4 Å². The van der Waals surface area contributed by atoms with Crippen molar-refractivity contribution in [3.8, 4) is 0 Å². The number of hydrogen-bond acceptors (Lipinski definition) is 6. The van der Waals surface area contributed by atoms with Gasteiger partial charge >= 0.3 is 17.9 Å². The molecule has 1 unspecified atom stereocenters. The largest absolute Gasteiger partial charge is 0.462 e. The third-order valence-electron chi connectivity index (χ3n) is 8.60. The predicted octanol–water partition coefficient (Wildman–Crippen LogP) is 14.5. The molecule has 0 rings (SSSR count). The molecular formula is C53H78O6. The van der Waals surface area contributed by atoms with Crippen LogP contribution in [0.3, 0.4) is 0 Å². The second kappa shape index (κ2) is 46.0. The van der Waals surface area contributed by atoms with E-state index in [4.69, 9.17) is 14.2 Å². The summed E-state index contributed by atoms with van der Waals surface area (Å²) in [5, 5.41) is 0. The lowest BCUT2D eigenvalue weighted by Crippen LogP contribution is -2.30. The zero-order valence-electron chi connectivity index (χ0n) is 36.9. The van der Waals surface area contributed by atoms with Gasteiger partial charge in [-0.3, -0.25) is 14.4 Å². The Bertz CT molecular complexity index is 1390. The van der Waals surface area contributed by atoms with Crippen LogP contribution in [0.25, 0.3) is 0 Å². The van der Waals surface area contributed by atoms with Crippen molar-refractivity contribution in [1.82, 2.24) is 0 Å². The summed E-state index contributed by atoms with van der Waals surface area (Å²) in [5.41, 5.74) is 0. The van der Waals surface area contributed by atoms with Crippen LogP contribution < -0.4 is 0 Å². The minimum atomic E-state index is -0.841. The molecule has 0 aromatic heterocycles. The Morgan fingerprint density at radius 3 is 1.02 bits per heavy atom. The molecule has 0 aliphatic carbocycles. The van der Waals surface area contributed by atoms with Crippen molar-refractivity contribution < 1.29 is 28.6 Å². The molecule has 0 aromatic carbocycles. The maximum Gasteiger partial charge on any atom is 0.306 e. The Hall–Kier alpha value is -4.71. The molecule has 0 radical (unpaired) electrons. The number of hydrogen-bond donors (Lipinski definition) is 0. The van der Waals surface area contributed by atoms with E-state index in [0.29, 0.717) is 25.7 Å². The monoisotopic (exact) mass is 811 g/mol. The number of ether oxygens (including phenoxy) is 3. The molecule has 0 fully saturated rings. The van der Waals surface area contributed by atoms with Gasteiger partial charge in [0.15, 0.2) is 6.10 Å². The van der Waals surface area contributed by atoms with Gasteiger partial charge in [0, 0.05) is 19.3 Å². The van der Waals surface area contributed by atoms with Crippen LogP contribution in [0.2, 0.25) is 0 Å². The molecule has 0 saturated carbocycles. The number of carbonyl (C=O) groups is 3. The van der Waals surface area contributed by atoms with Gasteiger partial charge in [-0.15, -0.1) is 0 Å². The van der Waals surface area contributed by atoms with E-state index in [1.165, 1.54) is 19.3 Å². The summed E-state index contributed by atoms with van der Waals surface area (Å²) in [6.45, 7) is 6.07. The van der Waals surface area contributed by atoms with Crippen LogP contribution in [-0.2, 0) is 28.6 Å². The van der Waals surface area contributed by atoms with Crippen molar-refractivity contribution in [2.75, 3.05) is 13.2 Å². The molecule has 326 valence electrons. The topological polar surface area (TPSA) is 78.9 Å². The number of allylic oxidation sites excluding steroid dienone is 24. The van der Waals surface area contributed by atoms with Crippen LogP contribution in [0, 0.1) is 0 Å². The summed E-state index contributed by atoms with van der Waals surface area (Å²) in [5.74, 6) is -1.08. The van der Waals surface area contributed by atoms with E-state index in [2.05, 4.69) is 75.5 Å². The number of carbonyl (C=O) groups excluding carboxylic acids is 3. The molecular weight excluding hydrogens is 733 g/mol. The molecule has 0 bridgehead atoms. The predicted molar refractivity (Wildman–Crippen MR) is 251 cm³/mol. The van der Waals surface area contributed by atoms with Gasteiger partial charge < -0.3 is 14.2 Å². The highest BCUT2D eigenvalue weighted by molar-refractivity contribution is 5.71. The second-order valence-corrected chi connectivity index (χ2v) is 14.1. The fourth-order valence-electron chi connectivity index (χ4n) is 5.30. The van der Waals surface area contributed by atoms with Crippen molar-refractivity contribution in [2.24, 2.45) is 0 Å². The highest BCUT2D eigenvalue weighted by atomic mass is 16.6. The van der Waals surface area contributed by atoms with E-state index in [1.807, 2.05) is 91.1 Å². The summed E-state index contributed by atoms with van der Waals surface area (Å²) in [4.78, 5) is 37.8. The minimum absolute atomic E-state index is 0.133. The molecule has 0 aromatic rings. The van der Waals surface area contributed by atoms with Crippen LogP contribution in [-0.4, -0.2) is 37.2 Å². The molecule has 0 spiro atoms. The second-order valence-electron chi connectivity index (χ2n) is 14.1. The Morgan fingerprint density at radius 2 is 0.627 bits per heavy atom. The number of esters is 3. The van der Waals surface area contributed by atoms with E-state index in [-0.39, 0.29) is 38.0 Å². The van der Waals surface area contributed by atoms with E-state index < -0.39 is 12.1 Å². The molecule has 1 atom stereocenters. The number of unbranched alkanes of at least 4 members (excludes halogenated alkanes) is 11. The van der Waals surface area contributed by atoms with Crippen molar-refractivity contribution >= 4 is 17.9 Å². The van der Waals surface area contributed by atoms with E-state index >= 15 is 0 Å². The quantitative estimate of drug-likeness (QED) is 0.0269. The fraction of sp³-hybridized carbons (Fsp3) is 0.491. The fourth-order valence-corrected chi connectivity index (χ4v) is 5.30. The van der Waals surface area contributed by atoms with Gasteiger partial charge in [0.05, 0.1) is 0 Å². The average molecular weight is 811 g/mol. The van der Waals surface area contributed by atoms with Gasteiger partial charge in [0.1, 0.15) is 13.2 Å². The third kappa shape index (κ3) is 44.2. The third-order valence-corrected chi connectivity index (χ3v) is 8.60. The molecule has 6 heteroatoms. The summed E-state index contributed by atoms with van der Waals surface area (Å²) >= 11 is 0. The number of rotatable bonds is 37. The van der Waals surface area contributed by atoms with E-state index in [0.717, 1.165) is 70.6 Å². The Kier molecular flexibility index (Phi) is 42.3. The standard InChI is InChI=1S/C53H78O6/c1-4-7-10-13-16-19-22-25-26-29-31-34-37-40-43-46-52(55)58-49-50(59-53(56)47-44-41-38-35-32-28-24-21-18-15-12-9-6-3)48-57-51(54)45-42-39-36-33-30-27-23-20-17-14-11-8-5-2/h7-24,27-28,30,32,35,38,50H,4-6,25-26,29,31,33-34,36-37,39-49H2,1-3H3/b10-7-,11-8-,12-9-,16-13-,17-14-,18-15-,22-19-,23-20-,24-21-,30-27-,32-28-,38-35-. The van der Waals surface area contributed by atoms with Crippen molar-refractivity contribution in [1.29, 1.82) is 0 Å². The molecule has 0 saturated heterocycles. The first-order chi connectivity index (χ1) is 29.0. The maximum atomic E-state index is 12.7. The van der Waals surface area contributed by atoms with Gasteiger partial charge in [-0.2, -0.15) is 0 Å².